The highest BCUT2D eigenvalue weighted by Gasteiger charge is 2.37. The molecule has 8 rings (SSSR count). The summed E-state index contributed by atoms with van der Waals surface area (Å²) in [5.74, 6) is 3.18. The molecule has 3 aromatic carbocycles. The molecule has 0 bridgehead atoms. The zero-order chi connectivity index (χ0) is 46.5. The first-order chi connectivity index (χ1) is 30.8. The van der Waals surface area contributed by atoms with Gasteiger partial charge >= 0.3 is 6.09 Å². The van der Waals surface area contributed by atoms with Gasteiger partial charge in [0, 0.05) is 44.2 Å². The van der Waals surface area contributed by atoms with Crippen LogP contribution in [-0.4, -0.2) is 108 Å². The highest BCUT2D eigenvalue weighted by Crippen LogP contribution is 2.42. The number of fused-ring (bicyclic) bond motifs is 4. The highest BCUT2D eigenvalue weighted by molar-refractivity contribution is 6.05. The number of carbonyl (C=O) groups excluding carboxylic acids is 3. The van der Waals surface area contributed by atoms with Crippen LogP contribution in [0.3, 0.4) is 0 Å². The second-order valence-electron chi connectivity index (χ2n) is 17.5. The van der Waals surface area contributed by atoms with Crippen LogP contribution in [0.25, 0.3) is 44.2 Å². The molecule has 2 amide bonds. The van der Waals surface area contributed by atoms with Gasteiger partial charge in [-0.2, -0.15) is 0 Å². The molecule has 2 saturated heterocycles. The van der Waals surface area contributed by atoms with Crippen molar-refractivity contribution in [3.05, 3.63) is 71.4 Å². The lowest BCUT2D eigenvalue weighted by molar-refractivity contribution is -0.136. The van der Waals surface area contributed by atoms with E-state index in [2.05, 4.69) is 95.6 Å². The van der Waals surface area contributed by atoms with Gasteiger partial charge in [0.05, 0.1) is 61.2 Å². The molecule has 6 unspecified atom stereocenters. The fraction of sp³-hybridized carbons (Fsp3) is 0.540. The molecule has 6 N–H and O–H groups in total. The summed E-state index contributed by atoms with van der Waals surface area (Å²) in [4.78, 5) is 54.1. The molecule has 3 aliphatic rings. The molecule has 0 saturated carbocycles. The Kier molecular flexibility index (Phi) is 18.5. The molecule has 14 heteroatoms. The Bertz CT molecular complexity index is 2310. The third kappa shape index (κ3) is 11.9. The van der Waals surface area contributed by atoms with Crippen LogP contribution >= 0.6 is 0 Å². The summed E-state index contributed by atoms with van der Waals surface area (Å²) in [6.45, 7) is 12.7. The number of nitrogens with two attached hydrogens (primary N) is 2. The number of nitrogens with one attached hydrogen (secondary N) is 2. The maximum absolute atomic E-state index is 13.3. The van der Waals surface area contributed by atoms with Gasteiger partial charge in [0.15, 0.2) is 0 Å². The van der Waals surface area contributed by atoms with Gasteiger partial charge in [-0.15, -0.1) is 0 Å². The number of primary amides is 1. The van der Waals surface area contributed by atoms with Crippen LogP contribution in [0.5, 0.6) is 0 Å². The van der Waals surface area contributed by atoms with Crippen molar-refractivity contribution in [1.82, 2.24) is 29.7 Å². The number of H-pyrrole nitrogens is 2. The van der Waals surface area contributed by atoms with Crippen molar-refractivity contribution in [3.63, 3.8) is 0 Å². The van der Waals surface area contributed by atoms with Gasteiger partial charge in [0.1, 0.15) is 17.9 Å². The second-order valence-corrected chi connectivity index (χ2v) is 17.5. The van der Waals surface area contributed by atoms with Crippen molar-refractivity contribution in [3.8, 4) is 22.4 Å². The number of ether oxygens (including phenoxy) is 3. The maximum Gasteiger partial charge on any atom is 0.404 e. The number of hydrogen-bond donors (Lipinski definition) is 4. The number of benzene rings is 3. The van der Waals surface area contributed by atoms with Crippen LogP contribution in [0, 0.1) is 11.8 Å². The Morgan fingerprint density at radius 1 is 0.969 bits per heavy atom. The predicted octanol–water partition coefficient (Wildman–Crippen LogP) is 8.68. The highest BCUT2D eigenvalue weighted by atomic mass is 16.5. The van der Waals surface area contributed by atoms with E-state index in [4.69, 9.17) is 25.2 Å². The average Bonchev–Trinajstić information content (AvgIpc) is 4.15. The summed E-state index contributed by atoms with van der Waals surface area (Å²) in [6.07, 6.45) is 10.6. The Labute approximate surface area is 379 Å². The van der Waals surface area contributed by atoms with Crippen LogP contribution in [0.1, 0.15) is 114 Å². The Balaban J connectivity index is 0.000000446. The number of amides is 2. The third-order valence-corrected chi connectivity index (χ3v) is 12.9. The summed E-state index contributed by atoms with van der Waals surface area (Å²) >= 11 is 0. The van der Waals surface area contributed by atoms with Crippen molar-refractivity contribution in [1.29, 1.82) is 0 Å². The van der Waals surface area contributed by atoms with Crippen LogP contribution in [0.15, 0.2) is 48.7 Å². The van der Waals surface area contributed by atoms with Crippen molar-refractivity contribution in [2.45, 2.75) is 117 Å². The zero-order valence-electron chi connectivity index (χ0n) is 39.5. The van der Waals surface area contributed by atoms with Crippen molar-refractivity contribution >= 4 is 40.1 Å². The monoisotopic (exact) mass is 881 g/mol. The summed E-state index contributed by atoms with van der Waals surface area (Å²) in [6, 6.07) is 16.2. The number of nitrogens with zero attached hydrogens (tertiary/aromatic N) is 4. The second kappa shape index (κ2) is 23.7. The number of hydrogen-bond acceptors (Lipinski definition) is 10. The van der Waals surface area contributed by atoms with Gasteiger partial charge in [0.2, 0.25) is 5.91 Å². The molecule has 2 aromatic heterocycles. The molecular weight excluding hydrogens is 809 g/mol. The number of carbonyl (C=O) groups is 3. The lowest BCUT2D eigenvalue weighted by Crippen LogP contribution is -2.37. The molecule has 1 aliphatic carbocycles. The largest absolute Gasteiger partial charge is 0.453 e. The van der Waals surface area contributed by atoms with Crippen molar-refractivity contribution < 1.29 is 28.6 Å². The summed E-state index contributed by atoms with van der Waals surface area (Å²) in [7, 11) is 6.86. The number of methoxy groups -OCH3 is 3. The van der Waals surface area contributed by atoms with Crippen molar-refractivity contribution in [2.24, 2.45) is 23.3 Å². The minimum atomic E-state index is -0.745. The lowest BCUT2D eigenvalue weighted by Gasteiger charge is -2.28. The molecule has 64 heavy (non-hydrogen) atoms. The van der Waals surface area contributed by atoms with Crippen LogP contribution in [-0.2, 0) is 36.6 Å². The van der Waals surface area contributed by atoms with E-state index in [-0.39, 0.29) is 24.1 Å². The fourth-order valence-electron chi connectivity index (χ4n) is 9.24. The van der Waals surface area contributed by atoms with Crippen LogP contribution in [0.2, 0.25) is 0 Å². The smallest absolute Gasteiger partial charge is 0.404 e. The number of imidazole rings is 2. The van der Waals surface area contributed by atoms with Gasteiger partial charge in [-0.05, 0) is 118 Å². The van der Waals surface area contributed by atoms with E-state index in [1.54, 1.807) is 14.2 Å². The van der Waals surface area contributed by atoms with Gasteiger partial charge in [-0.25, -0.2) is 14.8 Å². The van der Waals surface area contributed by atoms with Gasteiger partial charge in [-0.3, -0.25) is 9.69 Å². The quantitative estimate of drug-likeness (QED) is 0.0881. The number of aromatic nitrogens is 4. The Hall–Kier alpha value is -5.15. The van der Waals surface area contributed by atoms with E-state index >= 15 is 0 Å². The first-order valence-electron chi connectivity index (χ1n) is 22.9. The third-order valence-electron chi connectivity index (χ3n) is 12.9. The lowest BCUT2D eigenvalue weighted by atomic mass is 9.91. The number of likely N-dealkylation sites (tertiary alicyclic amines) is 2. The first-order valence-corrected chi connectivity index (χ1v) is 22.9. The first kappa shape index (κ1) is 49.9. The van der Waals surface area contributed by atoms with E-state index in [0.29, 0.717) is 24.3 Å². The minimum absolute atomic E-state index is 0.0491. The average molecular weight is 881 g/mol. The number of rotatable bonds is 12. The molecule has 4 heterocycles. The number of aldehydes is 1. The van der Waals surface area contributed by atoms with E-state index < -0.39 is 6.09 Å². The van der Waals surface area contributed by atoms with E-state index in [1.165, 1.54) is 46.7 Å². The van der Waals surface area contributed by atoms with Crippen molar-refractivity contribution in [2.75, 3.05) is 48.1 Å². The van der Waals surface area contributed by atoms with Crippen LogP contribution < -0.4 is 11.5 Å². The fourth-order valence-corrected chi connectivity index (χ4v) is 9.24. The topological polar surface area (TPSA) is 195 Å². The van der Waals surface area contributed by atoms with E-state index in [1.807, 2.05) is 24.9 Å². The molecular formula is C50H72N8O6. The summed E-state index contributed by atoms with van der Waals surface area (Å²) < 4.78 is 14.7. The molecule has 348 valence electrons. The van der Waals surface area contributed by atoms with Gasteiger partial charge < -0.3 is 45.3 Å². The normalized spacial score (nSPS) is 20.1. The number of aromatic amines is 2. The molecule has 2 fully saturated rings. The van der Waals surface area contributed by atoms with E-state index in [0.717, 1.165) is 105 Å². The maximum atomic E-state index is 13.3. The predicted molar refractivity (Wildman–Crippen MR) is 255 cm³/mol. The zero-order valence-corrected chi connectivity index (χ0v) is 39.5. The molecule has 0 radical (unpaired) electrons. The molecule has 6 atom stereocenters. The Morgan fingerprint density at radius 2 is 1.67 bits per heavy atom. The summed E-state index contributed by atoms with van der Waals surface area (Å²) in [5.41, 5.74) is 19.1. The standard InChI is InChI=1S/C40H48N6O3.C6H12O.C2H5NO2.C2H7N/c1-23-9-16-35(46(23)37(47)17-24(2)49-5)40-42-33-15-11-27-19-26(10-12-29(27)38(33)44-40)28-13-14-32(31-8-6-7-30(28)31)34-20-41-39(43-34)36-18-25(22-48-4)21-45(36)3;1-3-6(2)4-5-7;1-5-2(3)4;1-2-3/h10-15,19-20,23-25,35-36H,6-9,16-18,21-22H2,1-5H3,(H,41,43)(H,42,44);5-6H,3-4H2,1-2H3;1H3,(H2,3,4);2-3H2,1H3. The molecule has 14 nitrogen and oxygen atoms in total. The van der Waals surface area contributed by atoms with Gasteiger partial charge in [-0.1, -0.05) is 57.5 Å². The SMILES string of the molecule is CCC(C)CC=O.CCN.COC(N)=O.COCC1CC(c2ncc(-c3ccc(-c4ccc5c(ccc6[nH]c(C7CCC(C)N7C(=O)CC(C)OC)nc65)c4)c4c3CCC4)[nH]2)N(C)C1. The van der Waals surface area contributed by atoms with Crippen LogP contribution in [0.4, 0.5) is 4.79 Å². The molecule has 5 aromatic rings. The molecule has 0 spiro atoms. The molecule has 2 aliphatic heterocycles. The van der Waals surface area contributed by atoms with E-state index in [9.17, 15) is 14.4 Å². The minimum Gasteiger partial charge on any atom is -0.453 e. The van der Waals surface area contributed by atoms with Gasteiger partial charge in [0.25, 0.3) is 0 Å². The summed E-state index contributed by atoms with van der Waals surface area (Å²) in [5, 5.41) is 2.30. The Morgan fingerprint density at radius 3 is 2.31 bits per heavy atom.